The molecule has 1 aromatic carbocycles. The minimum atomic E-state index is -0.770. The number of hydrogen-bond acceptors (Lipinski definition) is 4. The zero-order valence-corrected chi connectivity index (χ0v) is 12.2. The smallest absolute Gasteiger partial charge is 0.317 e. The number of aliphatic carboxylic acids is 1. The largest absolute Gasteiger partial charge is 0.497 e. The zero-order chi connectivity index (χ0) is 14.7. The molecule has 110 valence electrons. The monoisotopic (exact) mass is 278 g/mol. The fourth-order valence-electron chi connectivity index (χ4n) is 2.91. The van der Waals surface area contributed by atoms with Gasteiger partial charge < -0.3 is 14.7 Å². The van der Waals surface area contributed by atoms with Crippen LogP contribution in [0.2, 0.25) is 0 Å². The molecule has 5 nitrogen and oxygen atoms in total. The number of likely N-dealkylation sites (N-methyl/N-ethyl adjacent to an activating group) is 1. The molecular formula is C15H22N2O3. The van der Waals surface area contributed by atoms with Gasteiger partial charge in [0.05, 0.1) is 13.7 Å². The van der Waals surface area contributed by atoms with Gasteiger partial charge in [0.1, 0.15) is 5.75 Å². The molecule has 0 aliphatic carbocycles. The second-order valence-electron chi connectivity index (χ2n) is 5.50. The number of ether oxygens (including phenoxy) is 1. The van der Waals surface area contributed by atoms with Crippen LogP contribution in [0, 0.1) is 0 Å². The van der Waals surface area contributed by atoms with Gasteiger partial charge in [0, 0.05) is 25.0 Å². The lowest BCUT2D eigenvalue weighted by molar-refractivity contribution is -0.138. The van der Waals surface area contributed by atoms with E-state index in [4.69, 9.17) is 9.84 Å². The van der Waals surface area contributed by atoms with Gasteiger partial charge in [-0.15, -0.1) is 0 Å². The highest BCUT2D eigenvalue weighted by atomic mass is 16.5. The number of carboxylic acid groups (broad SMARTS) is 1. The highest BCUT2D eigenvalue weighted by molar-refractivity contribution is 5.69. The van der Waals surface area contributed by atoms with Crippen LogP contribution in [-0.2, 0) is 4.79 Å². The van der Waals surface area contributed by atoms with Gasteiger partial charge in [0.2, 0.25) is 0 Å². The Morgan fingerprint density at radius 1 is 1.45 bits per heavy atom. The van der Waals surface area contributed by atoms with E-state index in [1.165, 1.54) is 5.56 Å². The number of carboxylic acids is 1. The molecule has 1 aromatic rings. The summed E-state index contributed by atoms with van der Waals surface area (Å²) in [6, 6.07) is 8.37. The quantitative estimate of drug-likeness (QED) is 0.874. The average Bonchev–Trinajstić information content (AvgIpc) is 2.82. The zero-order valence-electron chi connectivity index (χ0n) is 12.2. The predicted molar refractivity (Wildman–Crippen MR) is 77.3 cm³/mol. The number of methoxy groups -OCH3 is 1. The van der Waals surface area contributed by atoms with Gasteiger partial charge in [-0.05, 0) is 31.8 Å². The van der Waals surface area contributed by atoms with Crippen LogP contribution in [0.1, 0.15) is 11.5 Å². The van der Waals surface area contributed by atoms with Gasteiger partial charge in [-0.2, -0.15) is 0 Å². The highest BCUT2D eigenvalue weighted by Gasteiger charge is 2.35. The van der Waals surface area contributed by atoms with E-state index in [1.54, 1.807) is 7.11 Å². The number of benzene rings is 1. The Labute approximate surface area is 119 Å². The molecule has 2 rings (SSSR count). The summed E-state index contributed by atoms with van der Waals surface area (Å²) < 4.78 is 5.28. The molecule has 0 aromatic heterocycles. The molecule has 1 aliphatic rings. The third-order valence-electron chi connectivity index (χ3n) is 3.91. The van der Waals surface area contributed by atoms with E-state index in [0.29, 0.717) is 12.0 Å². The molecule has 0 bridgehead atoms. The van der Waals surface area contributed by atoms with Crippen molar-refractivity contribution in [2.24, 2.45) is 0 Å². The Morgan fingerprint density at radius 3 is 2.80 bits per heavy atom. The Balaban J connectivity index is 2.20. The second-order valence-corrected chi connectivity index (χ2v) is 5.50. The maximum atomic E-state index is 10.9. The number of likely N-dealkylation sites (tertiary alicyclic amines) is 1. The van der Waals surface area contributed by atoms with Crippen molar-refractivity contribution >= 4 is 5.97 Å². The van der Waals surface area contributed by atoms with Gasteiger partial charge in [-0.3, -0.25) is 9.69 Å². The van der Waals surface area contributed by atoms with Crippen molar-refractivity contribution in [3.63, 3.8) is 0 Å². The van der Waals surface area contributed by atoms with Crippen LogP contribution in [0.3, 0.4) is 0 Å². The highest BCUT2D eigenvalue weighted by Crippen LogP contribution is 2.31. The Kier molecular flexibility index (Phi) is 4.62. The number of rotatable bonds is 5. The Bertz CT molecular complexity index is 476. The third-order valence-corrected chi connectivity index (χ3v) is 3.91. The molecule has 1 fully saturated rings. The van der Waals surface area contributed by atoms with Gasteiger partial charge >= 0.3 is 5.97 Å². The normalized spacial score (nSPS) is 23.2. The van der Waals surface area contributed by atoms with E-state index in [0.717, 1.165) is 18.8 Å². The molecule has 20 heavy (non-hydrogen) atoms. The minimum absolute atomic E-state index is 0.102. The Hall–Kier alpha value is -1.59. The molecule has 1 saturated heterocycles. The fraction of sp³-hybridized carbons (Fsp3) is 0.533. The van der Waals surface area contributed by atoms with Crippen LogP contribution < -0.4 is 4.74 Å². The van der Waals surface area contributed by atoms with Crippen molar-refractivity contribution in [1.82, 2.24) is 9.80 Å². The SMILES string of the molecule is COc1cccc([C@@H]2CN(CC(=O)O)C[C@H]2N(C)C)c1. The maximum absolute atomic E-state index is 10.9. The summed E-state index contributed by atoms with van der Waals surface area (Å²) in [6.45, 7) is 1.65. The second kappa shape index (κ2) is 6.24. The van der Waals surface area contributed by atoms with Gasteiger partial charge in [-0.25, -0.2) is 0 Å². The molecule has 0 spiro atoms. The van der Waals surface area contributed by atoms with E-state index in [-0.39, 0.29) is 6.54 Å². The van der Waals surface area contributed by atoms with Crippen LogP contribution in [0.5, 0.6) is 5.75 Å². The van der Waals surface area contributed by atoms with Crippen LogP contribution in [0.15, 0.2) is 24.3 Å². The first kappa shape index (κ1) is 14.8. The Morgan fingerprint density at radius 2 is 2.20 bits per heavy atom. The lowest BCUT2D eigenvalue weighted by Crippen LogP contribution is -2.35. The van der Waals surface area contributed by atoms with Gasteiger partial charge in [-0.1, -0.05) is 12.1 Å². The molecule has 2 atom stereocenters. The van der Waals surface area contributed by atoms with Crippen LogP contribution in [-0.4, -0.2) is 67.8 Å². The molecular weight excluding hydrogens is 256 g/mol. The number of carbonyl (C=O) groups is 1. The molecule has 0 amide bonds. The molecule has 5 heteroatoms. The first-order valence-corrected chi connectivity index (χ1v) is 6.75. The first-order valence-electron chi connectivity index (χ1n) is 6.75. The average molecular weight is 278 g/mol. The van der Waals surface area contributed by atoms with E-state index >= 15 is 0 Å². The van der Waals surface area contributed by atoms with Gasteiger partial charge in [0.25, 0.3) is 0 Å². The van der Waals surface area contributed by atoms with Crippen LogP contribution in [0.4, 0.5) is 0 Å². The summed E-state index contributed by atoms with van der Waals surface area (Å²) in [5.74, 6) is 0.380. The van der Waals surface area contributed by atoms with E-state index < -0.39 is 5.97 Å². The van der Waals surface area contributed by atoms with Crippen molar-refractivity contribution in [2.45, 2.75) is 12.0 Å². The fourth-order valence-corrected chi connectivity index (χ4v) is 2.91. The summed E-state index contributed by atoms with van der Waals surface area (Å²) in [5, 5.41) is 8.96. The summed E-state index contributed by atoms with van der Waals surface area (Å²) in [4.78, 5) is 15.1. The molecule has 0 unspecified atom stereocenters. The topological polar surface area (TPSA) is 53.0 Å². The molecule has 0 radical (unpaired) electrons. The van der Waals surface area contributed by atoms with Crippen molar-refractivity contribution in [3.8, 4) is 5.75 Å². The molecule has 1 aliphatic heterocycles. The summed E-state index contributed by atoms with van der Waals surface area (Å²) in [5.41, 5.74) is 1.20. The first-order chi connectivity index (χ1) is 9.51. The predicted octanol–water partition coefficient (Wildman–Crippen LogP) is 1.11. The van der Waals surface area contributed by atoms with Crippen LogP contribution in [0.25, 0.3) is 0 Å². The minimum Gasteiger partial charge on any atom is -0.497 e. The van der Waals surface area contributed by atoms with Gasteiger partial charge in [0.15, 0.2) is 0 Å². The van der Waals surface area contributed by atoms with E-state index in [2.05, 4.69) is 11.0 Å². The maximum Gasteiger partial charge on any atom is 0.317 e. The third kappa shape index (κ3) is 3.29. The lowest BCUT2D eigenvalue weighted by Gasteiger charge is -2.25. The van der Waals surface area contributed by atoms with Crippen molar-refractivity contribution in [3.05, 3.63) is 29.8 Å². The van der Waals surface area contributed by atoms with E-state index in [1.807, 2.05) is 37.2 Å². The van der Waals surface area contributed by atoms with Crippen molar-refractivity contribution < 1.29 is 14.6 Å². The molecule has 1 heterocycles. The van der Waals surface area contributed by atoms with Crippen molar-refractivity contribution in [1.29, 1.82) is 0 Å². The van der Waals surface area contributed by atoms with E-state index in [9.17, 15) is 4.79 Å². The number of nitrogens with zero attached hydrogens (tertiary/aromatic N) is 2. The van der Waals surface area contributed by atoms with Crippen molar-refractivity contribution in [2.75, 3.05) is 40.8 Å². The molecule has 0 saturated carbocycles. The summed E-state index contributed by atoms with van der Waals surface area (Å²) in [7, 11) is 5.75. The number of hydrogen-bond donors (Lipinski definition) is 1. The lowest BCUT2D eigenvalue weighted by atomic mass is 9.93. The molecule has 1 N–H and O–H groups in total. The summed E-state index contributed by atoms with van der Waals surface area (Å²) in [6.07, 6.45) is 0. The van der Waals surface area contributed by atoms with Crippen LogP contribution >= 0.6 is 0 Å². The standard InChI is InChI=1S/C15H22N2O3/c1-16(2)14-9-17(10-15(18)19)8-13(14)11-5-4-6-12(7-11)20-3/h4-7,13-14H,8-10H2,1-3H3,(H,18,19)/t13-,14+/m0/s1. The summed E-state index contributed by atoms with van der Waals surface area (Å²) >= 11 is 0.